The summed E-state index contributed by atoms with van der Waals surface area (Å²) < 4.78 is 0. The van der Waals surface area contributed by atoms with E-state index in [2.05, 4.69) is 20.8 Å². The second-order valence-corrected chi connectivity index (χ2v) is 6.57. The number of hydrogen-bond acceptors (Lipinski definition) is 4. The summed E-state index contributed by atoms with van der Waals surface area (Å²) in [5.41, 5.74) is 1.03. The molecule has 1 saturated heterocycles. The lowest BCUT2D eigenvalue weighted by Gasteiger charge is -2.29. The molecular formula is C16H23NO2S. The van der Waals surface area contributed by atoms with Crippen LogP contribution in [0.2, 0.25) is 0 Å². The second-order valence-electron chi connectivity index (χ2n) is 5.47. The molecule has 3 nitrogen and oxygen atoms in total. The third kappa shape index (κ3) is 3.36. The van der Waals surface area contributed by atoms with Gasteiger partial charge in [-0.15, -0.1) is 0 Å². The van der Waals surface area contributed by atoms with E-state index in [4.69, 9.17) is 4.84 Å². The lowest BCUT2D eigenvalue weighted by Crippen LogP contribution is -2.39. The van der Waals surface area contributed by atoms with Crippen LogP contribution in [0.1, 0.15) is 27.2 Å². The van der Waals surface area contributed by atoms with Crippen LogP contribution in [-0.2, 0) is 9.63 Å². The van der Waals surface area contributed by atoms with E-state index >= 15 is 0 Å². The first-order chi connectivity index (χ1) is 9.65. The molecule has 4 heteroatoms. The zero-order chi connectivity index (χ0) is 14.5. The quantitative estimate of drug-likeness (QED) is 0.827. The van der Waals surface area contributed by atoms with Crippen molar-refractivity contribution in [1.82, 2.24) is 0 Å². The topological polar surface area (TPSA) is 29.5 Å². The zero-order valence-corrected chi connectivity index (χ0v) is 13.2. The molecule has 0 spiro atoms. The summed E-state index contributed by atoms with van der Waals surface area (Å²) in [5, 5.41) is 2.20. The van der Waals surface area contributed by atoms with Crippen LogP contribution in [0.5, 0.6) is 0 Å². The fourth-order valence-electron chi connectivity index (χ4n) is 2.58. The molecule has 110 valence electrons. The maximum Gasteiger partial charge on any atom is 0.196 e. The summed E-state index contributed by atoms with van der Waals surface area (Å²) >= 11 is 1.45. The maximum atomic E-state index is 12.4. The number of carbonyl (C=O) groups excluding carboxylic acids is 1. The molecule has 1 fully saturated rings. The van der Waals surface area contributed by atoms with Crippen molar-refractivity contribution >= 4 is 22.6 Å². The van der Waals surface area contributed by atoms with Crippen LogP contribution < -0.4 is 5.06 Å². The number of hydroxylamine groups is 1. The van der Waals surface area contributed by atoms with E-state index in [1.165, 1.54) is 11.8 Å². The second kappa shape index (κ2) is 7.14. The number of benzene rings is 1. The summed E-state index contributed by atoms with van der Waals surface area (Å²) in [6.45, 7) is 6.90. The summed E-state index contributed by atoms with van der Waals surface area (Å²) in [6, 6.07) is 10.2. The molecule has 0 aliphatic carbocycles. The Morgan fingerprint density at radius 2 is 2.10 bits per heavy atom. The lowest BCUT2D eigenvalue weighted by molar-refractivity contribution is -0.114. The van der Waals surface area contributed by atoms with Crippen molar-refractivity contribution in [2.75, 3.05) is 17.4 Å². The molecule has 0 N–H and O–H groups in total. The van der Waals surface area contributed by atoms with Crippen molar-refractivity contribution in [2.45, 2.75) is 33.2 Å². The normalized spacial score (nSPS) is 22.5. The third-order valence-corrected chi connectivity index (χ3v) is 4.72. The van der Waals surface area contributed by atoms with E-state index in [0.717, 1.165) is 17.9 Å². The van der Waals surface area contributed by atoms with Crippen LogP contribution in [0.4, 0.5) is 5.69 Å². The van der Waals surface area contributed by atoms with Crippen molar-refractivity contribution in [1.29, 1.82) is 0 Å². The number of carbonyl (C=O) groups is 1. The Hall–Kier alpha value is -1.00. The van der Waals surface area contributed by atoms with Crippen LogP contribution in [0, 0.1) is 11.8 Å². The molecule has 0 amide bonds. The Balaban J connectivity index is 2.15. The molecule has 0 aromatic heterocycles. The lowest BCUT2D eigenvalue weighted by atomic mass is 9.92. The Kier molecular flexibility index (Phi) is 5.49. The smallest absolute Gasteiger partial charge is 0.196 e. The van der Waals surface area contributed by atoms with E-state index in [1.807, 2.05) is 35.4 Å². The van der Waals surface area contributed by atoms with Crippen molar-refractivity contribution in [3.05, 3.63) is 30.3 Å². The number of para-hydroxylation sites is 1. The van der Waals surface area contributed by atoms with Gasteiger partial charge < -0.3 is 0 Å². The van der Waals surface area contributed by atoms with Crippen LogP contribution in [0.15, 0.2) is 30.3 Å². The third-order valence-electron chi connectivity index (χ3n) is 3.52. The van der Waals surface area contributed by atoms with Gasteiger partial charge in [-0.1, -0.05) is 50.7 Å². The van der Waals surface area contributed by atoms with Crippen molar-refractivity contribution < 1.29 is 9.63 Å². The average molecular weight is 293 g/mol. The minimum atomic E-state index is -0.0354. The molecule has 1 heterocycles. The average Bonchev–Trinajstić information content (AvgIpc) is 2.90. The molecule has 2 atom stereocenters. The van der Waals surface area contributed by atoms with E-state index in [0.29, 0.717) is 12.5 Å². The number of anilines is 1. The van der Waals surface area contributed by atoms with Gasteiger partial charge in [0.2, 0.25) is 0 Å². The largest absolute Gasteiger partial charge is 0.287 e. The molecule has 0 saturated carbocycles. The van der Waals surface area contributed by atoms with Crippen LogP contribution >= 0.6 is 11.8 Å². The molecule has 0 radical (unpaired) electrons. The molecule has 1 aromatic rings. The molecule has 1 aromatic carbocycles. The van der Waals surface area contributed by atoms with Gasteiger partial charge in [-0.3, -0.25) is 14.7 Å². The van der Waals surface area contributed by atoms with Crippen LogP contribution in [0.25, 0.3) is 0 Å². The number of thioether (sulfide) groups is 1. The molecule has 20 heavy (non-hydrogen) atoms. The minimum absolute atomic E-state index is 0.0354. The summed E-state index contributed by atoms with van der Waals surface area (Å²) in [5.74, 6) is 1.23. The van der Waals surface area contributed by atoms with Gasteiger partial charge in [0.25, 0.3) is 0 Å². The van der Waals surface area contributed by atoms with E-state index in [1.54, 1.807) is 0 Å². The van der Waals surface area contributed by atoms with Gasteiger partial charge in [0.05, 0.1) is 24.3 Å². The Labute approximate surface area is 125 Å². The highest BCUT2D eigenvalue weighted by Crippen LogP contribution is 2.34. The number of nitrogens with zero attached hydrogens (tertiary/aromatic N) is 1. The molecule has 0 unspecified atom stereocenters. The standard InChI is InChI=1S/C16H23NO2S/c1-4-10-20-16(18)14-11-19-17(15(14)12(2)3)13-8-6-5-7-9-13/h5-9,12,14-15H,4,10-11H2,1-3H3/t14-,15+/m0/s1. The molecule has 2 rings (SSSR count). The Bertz CT molecular complexity index is 435. The monoisotopic (exact) mass is 293 g/mol. The van der Waals surface area contributed by atoms with Gasteiger partial charge in [0.15, 0.2) is 5.12 Å². The summed E-state index contributed by atoms with van der Waals surface area (Å²) in [7, 11) is 0. The predicted molar refractivity (Wildman–Crippen MR) is 84.7 cm³/mol. The first-order valence-corrected chi connectivity index (χ1v) is 8.27. The SMILES string of the molecule is CCCSC(=O)[C@H]1CON(c2ccccc2)[C@@H]1C(C)C. The number of rotatable bonds is 5. The maximum absolute atomic E-state index is 12.4. The molecule has 0 bridgehead atoms. The highest BCUT2D eigenvalue weighted by atomic mass is 32.2. The summed E-state index contributed by atoms with van der Waals surface area (Å²) in [6.07, 6.45) is 1.03. The Morgan fingerprint density at radius 3 is 2.70 bits per heavy atom. The van der Waals surface area contributed by atoms with Gasteiger partial charge in [0, 0.05) is 5.75 Å². The number of hydrogen-bond donors (Lipinski definition) is 0. The van der Waals surface area contributed by atoms with E-state index in [-0.39, 0.29) is 17.1 Å². The summed E-state index contributed by atoms with van der Waals surface area (Å²) in [4.78, 5) is 18.2. The zero-order valence-electron chi connectivity index (χ0n) is 12.4. The van der Waals surface area contributed by atoms with Crippen molar-refractivity contribution in [3.63, 3.8) is 0 Å². The van der Waals surface area contributed by atoms with Crippen molar-refractivity contribution in [3.8, 4) is 0 Å². The predicted octanol–water partition coefficient (Wildman–Crippen LogP) is 3.75. The van der Waals surface area contributed by atoms with Gasteiger partial charge in [-0.25, -0.2) is 0 Å². The highest BCUT2D eigenvalue weighted by Gasteiger charge is 2.42. The van der Waals surface area contributed by atoms with Gasteiger partial charge in [-0.2, -0.15) is 0 Å². The van der Waals surface area contributed by atoms with E-state index < -0.39 is 0 Å². The fourth-order valence-corrected chi connectivity index (χ4v) is 3.41. The fraction of sp³-hybridized carbons (Fsp3) is 0.562. The van der Waals surface area contributed by atoms with Gasteiger partial charge in [0.1, 0.15) is 0 Å². The first kappa shape index (κ1) is 15.4. The molecule has 1 aliphatic rings. The molecular weight excluding hydrogens is 270 g/mol. The Morgan fingerprint density at radius 1 is 1.40 bits per heavy atom. The highest BCUT2D eigenvalue weighted by molar-refractivity contribution is 8.13. The van der Waals surface area contributed by atoms with Crippen LogP contribution in [-0.4, -0.2) is 23.5 Å². The van der Waals surface area contributed by atoms with Gasteiger partial charge in [-0.05, 0) is 24.5 Å². The van der Waals surface area contributed by atoms with Crippen molar-refractivity contribution in [2.24, 2.45) is 11.8 Å². The molecule has 1 aliphatic heterocycles. The minimum Gasteiger partial charge on any atom is -0.287 e. The van der Waals surface area contributed by atoms with Gasteiger partial charge >= 0.3 is 0 Å². The van der Waals surface area contributed by atoms with Crippen LogP contribution in [0.3, 0.4) is 0 Å². The van der Waals surface area contributed by atoms with E-state index in [9.17, 15) is 4.79 Å². The first-order valence-electron chi connectivity index (χ1n) is 7.29.